The highest BCUT2D eigenvalue weighted by Crippen LogP contribution is 2.22. The zero-order valence-corrected chi connectivity index (χ0v) is 12.6. The normalized spacial score (nSPS) is 21.8. The van der Waals surface area contributed by atoms with E-state index in [0.29, 0.717) is 19.5 Å². The largest absolute Gasteiger partial charge is 0.364 e. The van der Waals surface area contributed by atoms with Crippen LogP contribution in [-0.4, -0.2) is 35.6 Å². The van der Waals surface area contributed by atoms with Gasteiger partial charge in [-0.3, -0.25) is 4.79 Å². The minimum atomic E-state index is -0.422. The molecule has 2 rings (SSSR count). The molecule has 2 atom stereocenters. The Morgan fingerprint density at radius 2 is 2.24 bits per heavy atom. The third-order valence-corrected chi connectivity index (χ3v) is 3.79. The van der Waals surface area contributed by atoms with Crippen molar-refractivity contribution in [1.82, 2.24) is 4.90 Å². The van der Waals surface area contributed by atoms with Crippen LogP contribution in [0.2, 0.25) is 0 Å². The molecule has 5 heteroatoms. The molecule has 1 aliphatic heterocycles. The van der Waals surface area contributed by atoms with Crippen molar-refractivity contribution in [3.05, 3.63) is 35.6 Å². The summed E-state index contributed by atoms with van der Waals surface area (Å²) < 4.78 is 19.0. The van der Waals surface area contributed by atoms with Crippen molar-refractivity contribution in [2.75, 3.05) is 6.54 Å². The van der Waals surface area contributed by atoms with E-state index < -0.39 is 6.10 Å². The fourth-order valence-electron chi connectivity index (χ4n) is 2.59. The Kier molecular flexibility index (Phi) is 5.31. The van der Waals surface area contributed by atoms with Crippen molar-refractivity contribution in [1.29, 1.82) is 0 Å². The molecular weight excluding hydrogens is 271 g/mol. The molecule has 116 valence electrons. The van der Waals surface area contributed by atoms with Crippen LogP contribution >= 0.6 is 0 Å². The van der Waals surface area contributed by atoms with Crippen LogP contribution in [0.3, 0.4) is 0 Å². The molecule has 2 N–H and O–H groups in total. The Balaban J connectivity index is 2.06. The Hall–Kier alpha value is -1.46. The third kappa shape index (κ3) is 4.02. The quantitative estimate of drug-likeness (QED) is 0.904. The maximum absolute atomic E-state index is 13.3. The first-order valence-corrected chi connectivity index (χ1v) is 7.41. The topological polar surface area (TPSA) is 55.6 Å². The third-order valence-electron chi connectivity index (χ3n) is 3.79. The van der Waals surface area contributed by atoms with E-state index in [1.54, 1.807) is 11.0 Å². The predicted octanol–water partition coefficient (Wildman–Crippen LogP) is 2.07. The molecule has 1 amide bonds. The second kappa shape index (κ2) is 7.00. The van der Waals surface area contributed by atoms with Gasteiger partial charge < -0.3 is 15.4 Å². The molecule has 0 unspecified atom stereocenters. The molecular formula is C16H23FN2O2. The monoisotopic (exact) mass is 294 g/mol. The number of nitrogens with zero attached hydrogens (tertiary/aromatic N) is 1. The molecule has 0 aliphatic carbocycles. The number of hydrogen-bond donors (Lipinski definition) is 1. The maximum atomic E-state index is 13.3. The summed E-state index contributed by atoms with van der Waals surface area (Å²) in [7, 11) is 0. The Morgan fingerprint density at radius 1 is 1.48 bits per heavy atom. The second-order valence-electron chi connectivity index (χ2n) is 5.75. The van der Waals surface area contributed by atoms with E-state index in [4.69, 9.17) is 10.5 Å². The minimum absolute atomic E-state index is 0.0258. The van der Waals surface area contributed by atoms with Gasteiger partial charge in [-0.25, -0.2) is 4.39 Å². The number of carbonyl (C=O) groups is 1. The molecule has 1 fully saturated rings. The molecule has 0 radical (unpaired) electrons. The van der Waals surface area contributed by atoms with Crippen molar-refractivity contribution < 1.29 is 13.9 Å². The summed E-state index contributed by atoms with van der Waals surface area (Å²) in [6.45, 7) is 4.73. The predicted molar refractivity (Wildman–Crippen MR) is 79.0 cm³/mol. The lowest BCUT2D eigenvalue weighted by Gasteiger charge is -2.29. The smallest absolute Gasteiger partial charge is 0.252 e. The SMILES string of the molecule is CC(C)N(Cc1cccc(F)c1)C(=O)[C@@H]1CC[C@H](CN)O1. The number of amides is 1. The minimum Gasteiger partial charge on any atom is -0.364 e. The van der Waals surface area contributed by atoms with Gasteiger partial charge in [0.25, 0.3) is 5.91 Å². The molecule has 0 spiro atoms. The summed E-state index contributed by atoms with van der Waals surface area (Å²) in [6, 6.07) is 6.37. The highest BCUT2D eigenvalue weighted by Gasteiger charge is 2.33. The van der Waals surface area contributed by atoms with Gasteiger partial charge in [-0.1, -0.05) is 12.1 Å². The van der Waals surface area contributed by atoms with Crippen molar-refractivity contribution in [3.63, 3.8) is 0 Å². The number of halogens is 1. The average Bonchev–Trinajstić information content (AvgIpc) is 2.93. The van der Waals surface area contributed by atoms with E-state index >= 15 is 0 Å². The maximum Gasteiger partial charge on any atom is 0.252 e. The lowest BCUT2D eigenvalue weighted by atomic mass is 10.1. The van der Waals surface area contributed by atoms with Crippen LogP contribution in [0.4, 0.5) is 4.39 Å². The molecule has 1 heterocycles. The highest BCUT2D eigenvalue weighted by molar-refractivity contribution is 5.81. The van der Waals surface area contributed by atoms with Gasteiger partial charge in [0.05, 0.1) is 6.10 Å². The van der Waals surface area contributed by atoms with Crippen molar-refractivity contribution in [3.8, 4) is 0 Å². The Bertz CT molecular complexity index is 493. The summed E-state index contributed by atoms with van der Waals surface area (Å²) in [5.74, 6) is -0.325. The van der Waals surface area contributed by atoms with Gasteiger partial charge in [-0.2, -0.15) is 0 Å². The lowest BCUT2D eigenvalue weighted by molar-refractivity contribution is -0.145. The van der Waals surface area contributed by atoms with Crippen molar-refractivity contribution in [2.24, 2.45) is 5.73 Å². The summed E-state index contributed by atoms with van der Waals surface area (Å²) in [5, 5.41) is 0. The van der Waals surface area contributed by atoms with Crippen molar-refractivity contribution in [2.45, 2.75) is 51.5 Å². The standard InChI is InChI=1S/C16H23FN2O2/c1-11(2)19(10-12-4-3-5-13(17)8-12)16(20)15-7-6-14(9-18)21-15/h3-5,8,11,14-15H,6-7,9-10,18H2,1-2H3/t14-,15+/m1/s1. The first-order valence-electron chi connectivity index (χ1n) is 7.41. The zero-order valence-electron chi connectivity index (χ0n) is 12.6. The number of nitrogens with two attached hydrogens (primary N) is 1. The van der Waals surface area contributed by atoms with Crippen LogP contribution in [-0.2, 0) is 16.1 Å². The summed E-state index contributed by atoms with van der Waals surface area (Å²) in [4.78, 5) is 14.3. The van der Waals surface area contributed by atoms with E-state index in [0.717, 1.165) is 12.0 Å². The first-order chi connectivity index (χ1) is 10.0. The summed E-state index contributed by atoms with van der Waals surface area (Å²) >= 11 is 0. The fourth-order valence-corrected chi connectivity index (χ4v) is 2.59. The lowest BCUT2D eigenvalue weighted by Crippen LogP contribution is -2.43. The summed E-state index contributed by atoms with van der Waals surface area (Å²) in [5.41, 5.74) is 6.36. The van der Waals surface area contributed by atoms with Crippen molar-refractivity contribution >= 4 is 5.91 Å². The number of benzene rings is 1. The van der Waals surface area contributed by atoms with Gasteiger partial charge >= 0.3 is 0 Å². The molecule has 1 aliphatic rings. The van der Waals surface area contributed by atoms with E-state index in [2.05, 4.69) is 0 Å². The molecule has 0 bridgehead atoms. The number of hydrogen-bond acceptors (Lipinski definition) is 3. The fraction of sp³-hybridized carbons (Fsp3) is 0.562. The Morgan fingerprint density at radius 3 is 2.81 bits per heavy atom. The van der Waals surface area contributed by atoms with E-state index in [-0.39, 0.29) is 23.9 Å². The molecule has 1 saturated heterocycles. The molecule has 4 nitrogen and oxygen atoms in total. The van der Waals surface area contributed by atoms with Gasteiger partial charge in [0, 0.05) is 19.1 Å². The van der Waals surface area contributed by atoms with Gasteiger partial charge in [0.15, 0.2) is 0 Å². The highest BCUT2D eigenvalue weighted by atomic mass is 19.1. The van der Waals surface area contributed by atoms with Crippen LogP contribution in [0, 0.1) is 5.82 Å². The Labute approximate surface area is 125 Å². The zero-order chi connectivity index (χ0) is 15.4. The van der Waals surface area contributed by atoms with Crippen LogP contribution in [0.5, 0.6) is 0 Å². The van der Waals surface area contributed by atoms with E-state index in [1.807, 2.05) is 19.9 Å². The molecule has 21 heavy (non-hydrogen) atoms. The van der Waals surface area contributed by atoms with Crippen LogP contribution < -0.4 is 5.73 Å². The number of rotatable bonds is 5. The molecule has 0 aromatic heterocycles. The van der Waals surface area contributed by atoms with Gasteiger partial charge in [-0.05, 0) is 44.4 Å². The van der Waals surface area contributed by atoms with Gasteiger partial charge in [0.1, 0.15) is 11.9 Å². The second-order valence-corrected chi connectivity index (χ2v) is 5.75. The number of ether oxygens (including phenoxy) is 1. The van der Waals surface area contributed by atoms with E-state index in [9.17, 15) is 9.18 Å². The molecule has 1 aromatic carbocycles. The molecule has 0 saturated carbocycles. The number of carbonyl (C=O) groups excluding carboxylic acids is 1. The van der Waals surface area contributed by atoms with Crippen LogP contribution in [0.25, 0.3) is 0 Å². The van der Waals surface area contributed by atoms with E-state index in [1.165, 1.54) is 12.1 Å². The van der Waals surface area contributed by atoms with Crippen LogP contribution in [0.1, 0.15) is 32.3 Å². The molecule has 1 aromatic rings. The van der Waals surface area contributed by atoms with Gasteiger partial charge in [-0.15, -0.1) is 0 Å². The van der Waals surface area contributed by atoms with Crippen LogP contribution in [0.15, 0.2) is 24.3 Å². The first kappa shape index (κ1) is 15.9. The average molecular weight is 294 g/mol. The summed E-state index contributed by atoms with van der Waals surface area (Å²) in [6.07, 6.45) is 1.07. The van der Waals surface area contributed by atoms with Gasteiger partial charge in [0.2, 0.25) is 0 Å².